The van der Waals surface area contributed by atoms with Gasteiger partial charge in [-0.25, -0.2) is 4.98 Å². The highest BCUT2D eigenvalue weighted by Crippen LogP contribution is 2.13. The van der Waals surface area contributed by atoms with E-state index in [1.165, 1.54) is 0 Å². The topological polar surface area (TPSA) is 63.2 Å². The average molecular weight is 263 g/mol. The number of pyridine rings is 1. The highest BCUT2D eigenvalue weighted by Gasteiger charge is 2.18. The molecule has 19 heavy (non-hydrogen) atoms. The molecule has 1 aromatic rings. The monoisotopic (exact) mass is 263 g/mol. The Morgan fingerprint density at radius 2 is 2.47 bits per heavy atom. The van der Waals surface area contributed by atoms with Crippen molar-refractivity contribution in [2.45, 2.75) is 32.3 Å². The zero-order valence-corrected chi connectivity index (χ0v) is 11.3. The van der Waals surface area contributed by atoms with E-state index < -0.39 is 0 Å². The van der Waals surface area contributed by atoms with Crippen LogP contribution in [0.15, 0.2) is 18.3 Å². The number of ether oxygens (including phenoxy) is 1. The molecule has 1 amide bonds. The Morgan fingerprint density at radius 1 is 1.58 bits per heavy atom. The minimum atomic E-state index is -0.0952. The van der Waals surface area contributed by atoms with Crippen LogP contribution in [0.3, 0.4) is 0 Å². The highest BCUT2D eigenvalue weighted by molar-refractivity contribution is 5.98. The van der Waals surface area contributed by atoms with Gasteiger partial charge in [0.2, 0.25) is 0 Å². The number of aromatic nitrogens is 1. The molecule has 0 bridgehead atoms. The molecule has 1 unspecified atom stereocenters. The molecule has 5 nitrogen and oxygen atoms in total. The van der Waals surface area contributed by atoms with Crippen LogP contribution in [0, 0.1) is 0 Å². The Hall–Kier alpha value is -1.62. The van der Waals surface area contributed by atoms with Crippen molar-refractivity contribution in [2.75, 3.05) is 25.0 Å². The average Bonchev–Trinajstić information content (AvgIpc) is 2.96. The van der Waals surface area contributed by atoms with Gasteiger partial charge in [0, 0.05) is 25.9 Å². The van der Waals surface area contributed by atoms with Crippen LogP contribution in [-0.2, 0) is 4.74 Å². The van der Waals surface area contributed by atoms with Crippen molar-refractivity contribution in [3.8, 4) is 0 Å². The lowest BCUT2D eigenvalue weighted by atomic mass is 10.2. The van der Waals surface area contributed by atoms with E-state index in [0.717, 1.165) is 32.4 Å². The van der Waals surface area contributed by atoms with Gasteiger partial charge in [0.25, 0.3) is 5.91 Å². The third-order valence-corrected chi connectivity index (χ3v) is 3.11. The first-order chi connectivity index (χ1) is 9.31. The third kappa shape index (κ3) is 3.92. The van der Waals surface area contributed by atoms with Crippen LogP contribution in [0.5, 0.6) is 0 Å². The first kappa shape index (κ1) is 13.8. The number of rotatable bonds is 6. The van der Waals surface area contributed by atoms with E-state index in [0.29, 0.717) is 17.9 Å². The van der Waals surface area contributed by atoms with Gasteiger partial charge in [0.15, 0.2) is 0 Å². The lowest BCUT2D eigenvalue weighted by Gasteiger charge is -2.13. The number of anilines is 1. The summed E-state index contributed by atoms with van der Waals surface area (Å²) in [6, 6.07) is 3.56. The lowest BCUT2D eigenvalue weighted by molar-refractivity contribution is 0.0858. The first-order valence-corrected chi connectivity index (χ1v) is 6.90. The van der Waals surface area contributed by atoms with Gasteiger partial charge in [-0.1, -0.05) is 6.92 Å². The summed E-state index contributed by atoms with van der Waals surface area (Å²) in [5.41, 5.74) is 0.592. The molecule has 0 radical (unpaired) electrons. The number of amides is 1. The molecule has 5 heteroatoms. The molecule has 1 saturated heterocycles. The molecule has 2 rings (SSSR count). The van der Waals surface area contributed by atoms with Crippen molar-refractivity contribution in [1.82, 2.24) is 10.3 Å². The maximum Gasteiger partial charge on any atom is 0.255 e. The van der Waals surface area contributed by atoms with E-state index >= 15 is 0 Å². The summed E-state index contributed by atoms with van der Waals surface area (Å²) in [6.07, 6.45) is 4.94. The second-order valence-corrected chi connectivity index (χ2v) is 4.67. The number of hydrogen-bond acceptors (Lipinski definition) is 4. The molecule has 1 aliphatic rings. The fourth-order valence-electron chi connectivity index (χ4n) is 2.08. The van der Waals surface area contributed by atoms with Crippen molar-refractivity contribution >= 4 is 11.7 Å². The Bertz CT molecular complexity index is 417. The summed E-state index contributed by atoms with van der Waals surface area (Å²) in [6.45, 7) is 4.26. The van der Waals surface area contributed by atoms with Crippen LogP contribution in [0.25, 0.3) is 0 Å². The fourth-order valence-corrected chi connectivity index (χ4v) is 2.08. The van der Waals surface area contributed by atoms with Crippen molar-refractivity contribution in [3.05, 3.63) is 23.9 Å². The molecule has 1 atom stereocenters. The summed E-state index contributed by atoms with van der Waals surface area (Å²) in [7, 11) is 0. The normalized spacial score (nSPS) is 18.3. The van der Waals surface area contributed by atoms with E-state index in [4.69, 9.17) is 4.74 Å². The summed E-state index contributed by atoms with van der Waals surface area (Å²) in [5.74, 6) is 0.552. The number of hydrogen-bond donors (Lipinski definition) is 2. The standard InChI is InChI=1S/C14H21N3O2/c1-2-7-15-13-12(6-3-8-16-13)14(18)17-10-11-5-4-9-19-11/h3,6,8,11H,2,4-5,7,9-10H2,1H3,(H,15,16)(H,17,18). The minimum Gasteiger partial charge on any atom is -0.376 e. The van der Waals surface area contributed by atoms with Crippen LogP contribution < -0.4 is 10.6 Å². The fraction of sp³-hybridized carbons (Fsp3) is 0.571. The van der Waals surface area contributed by atoms with E-state index in [-0.39, 0.29) is 12.0 Å². The van der Waals surface area contributed by atoms with E-state index in [9.17, 15) is 4.79 Å². The van der Waals surface area contributed by atoms with Gasteiger partial charge in [-0.2, -0.15) is 0 Å². The quantitative estimate of drug-likeness (QED) is 0.821. The summed E-state index contributed by atoms with van der Waals surface area (Å²) < 4.78 is 5.49. The molecule has 0 spiro atoms. The lowest BCUT2D eigenvalue weighted by Crippen LogP contribution is -2.32. The molecule has 0 aliphatic carbocycles. The van der Waals surface area contributed by atoms with Gasteiger partial charge < -0.3 is 15.4 Å². The Morgan fingerprint density at radius 3 is 3.21 bits per heavy atom. The van der Waals surface area contributed by atoms with Gasteiger partial charge in [0.1, 0.15) is 5.82 Å². The third-order valence-electron chi connectivity index (χ3n) is 3.11. The molecule has 2 heterocycles. The largest absolute Gasteiger partial charge is 0.376 e. The van der Waals surface area contributed by atoms with Crippen LogP contribution in [0.1, 0.15) is 36.5 Å². The molecule has 1 fully saturated rings. The zero-order valence-electron chi connectivity index (χ0n) is 11.3. The van der Waals surface area contributed by atoms with Gasteiger partial charge in [-0.05, 0) is 31.4 Å². The molecule has 2 N–H and O–H groups in total. The summed E-state index contributed by atoms with van der Waals surface area (Å²) >= 11 is 0. The predicted octanol–water partition coefficient (Wildman–Crippen LogP) is 1.81. The Labute approximate surface area is 113 Å². The maximum absolute atomic E-state index is 12.1. The predicted molar refractivity (Wildman–Crippen MR) is 74.3 cm³/mol. The van der Waals surface area contributed by atoms with Crippen LogP contribution in [0.2, 0.25) is 0 Å². The van der Waals surface area contributed by atoms with E-state index in [2.05, 4.69) is 22.5 Å². The zero-order chi connectivity index (χ0) is 13.5. The Kier molecular flexibility index (Phi) is 5.15. The van der Waals surface area contributed by atoms with Crippen molar-refractivity contribution in [2.24, 2.45) is 0 Å². The van der Waals surface area contributed by atoms with E-state index in [1.54, 1.807) is 18.3 Å². The highest BCUT2D eigenvalue weighted by atomic mass is 16.5. The number of carbonyl (C=O) groups is 1. The van der Waals surface area contributed by atoms with E-state index in [1.807, 2.05) is 0 Å². The van der Waals surface area contributed by atoms with Crippen LogP contribution >= 0.6 is 0 Å². The van der Waals surface area contributed by atoms with Crippen molar-refractivity contribution < 1.29 is 9.53 Å². The number of nitrogens with one attached hydrogen (secondary N) is 2. The molecular formula is C14H21N3O2. The second-order valence-electron chi connectivity index (χ2n) is 4.67. The van der Waals surface area contributed by atoms with Crippen LogP contribution in [0.4, 0.5) is 5.82 Å². The van der Waals surface area contributed by atoms with Gasteiger partial charge in [-0.15, -0.1) is 0 Å². The van der Waals surface area contributed by atoms with Gasteiger partial charge in [-0.3, -0.25) is 4.79 Å². The SMILES string of the molecule is CCCNc1ncccc1C(=O)NCC1CCCO1. The number of nitrogens with zero attached hydrogens (tertiary/aromatic N) is 1. The molecule has 0 saturated carbocycles. The number of carbonyl (C=O) groups excluding carboxylic acids is 1. The smallest absolute Gasteiger partial charge is 0.255 e. The molecule has 1 aromatic heterocycles. The summed E-state index contributed by atoms with van der Waals surface area (Å²) in [4.78, 5) is 16.4. The van der Waals surface area contributed by atoms with Gasteiger partial charge in [0.05, 0.1) is 11.7 Å². The molecule has 1 aliphatic heterocycles. The minimum absolute atomic E-state index is 0.0952. The van der Waals surface area contributed by atoms with Crippen molar-refractivity contribution in [3.63, 3.8) is 0 Å². The van der Waals surface area contributed by atoms with Crippen molar-refractivity contribution in [1.29, 1.82) is 0 Å². The maximum atomic E-state index is 12.1. The molecule has 104 valence electrons. The molecular weight excluding hydrogens is 242 g/mol. The Balaban J connectivity index is 1.93. The molecule has 0 aromatic carbocycles. The van der Waals surface area contributed by atoms with Gasteiger partial charge >= 0.3 is 0 Å². The second kappa shape index (κ2) is 7.09. The summed E-state index contributed by atoms with van der Waals surface area (Å²) in [5, 5.41) is 6.08. The first-order valence-electron chi connectivity index (χ1n) is 6.90. The van der Waals surface area contributed by atoms with Crippen LogP contribution in [-0.4, -0.2) is 36.7 Å².